The van der Waals surface area contributed by atoms with Crippen molar-refractivity contribution in [3.8, 4) is 0 Å². The highest BCUT2D eigenvalue weighted by atomic mass is 19.4. The van der Waals surface area contributed by atoms with Gasteiger partial charge in [-0.1, -0.05) is 0 Å². The van der Waals surface area contributed by atoms with E-state index in [1.54, 1.807) is 0 Å². The molecule has 4 heterocycles. The lowest BCUT2D eigenvalue weighted by Gasteiger charge is -2.30. The van der Waals surface area contributed by atoms with Gasteiger partial charge in [0.15, 0.2) is 5.69 Å². The van der Waals surface area contributed by atoms with Crippen molar-refractivity contribution in [2.24, 2.45) is 0 Å². The summed E-state index contributed by atoms with van der Waals surface area (Å²) in [5.74, 6) is 1.15. The Hall–Kier alpha value is -2.66. The fourth-order valence-corrected chi connectivity index (χ4v) is 3.67. The maximum absolute atomic E-state index is 12.7. The van der Waals surface area contributed by atoms with Gasteiger partial charge in [0.1, 0.15) is 17.5 Å². The second-order valence-corrected chi connectivity index (χ2v) is 7.38. The molecule has 2 fully saturated rings. The molecule has 4 N–H and O–H groups in total. The Labute approximate surface area is 165 Å². The number of anilines is 4. The largest absolute Gasteiger partial charge is 0.434 e. The second kappa shape index (κ2) is 7.64. The maximum Gasteiger partial charge on any atom is 0.434 e. The number of nitrogens with zero attached hydrogens (tertiary/aromatic N) is 4. The molecular formula is C18H22F3N7O. The van der Waals surface area contributed by atoms with Crippen LogP contribution in [0, 0.1) is 0 Å². The van der Waals surface area contributed by atoms with Crippen molar-refractivity contribution in [2.45, 2.75) is 37.6 Å². The molecule has 156 valence electrons. The predicted molar refractivity (Wildman–Crippen MR) is 102 cm³/mol. The lowest BCUT2D eigenvalue weighted by Crippen LogP contribution is -2.43. The van der Waals surface area contributed by atoms with E-state index in [1.807, 2.05) is 19.1 Å². The van der Waals surface area contributed by atoms with Gasteiger partial charge in [0, 0.05) is 49.0 Å². The lowest BCUT2D eigenvalue weighted by molar-refractivity contribution is -0.141. The first kappa shape index (κ1) is 19.6. The van der Waals surface area contributed by atoms with Crippen molar-refractivity contribution >= 4 is 23.1 Å². The van der Waals surface area contributed by atoms with Crippen LogP contribution in [0.2, 0.25) is 0 Å². The Balaban J connectivity index is 1.59. The molecule has 2 saturated heterocycles. The number of aliphatic hydroxyl groups excluding tert-OH is 1. The molecule has 11 heteroatoms. The molecule has 0 aromatic carbocycles. The number of rotatable bonds is 6. The van der Waals surface area contributed by atoms with Gasteiger partial charge in [-0.2, -0.15) is 13.2 Å². The molecule has 2 aliphatic heterocycles. The van der Waals surface area contributed by atoms with E-state index in [0.717, 1.165) is 31.4 Å². The van der Waals surface area contributed by atoms with Gasteiger partial charge in [0.2, 0.25) is 0 Å². The second-order valence-electron chi connectivity index (χ2n) is 7.38. The third kappa shape index (κ3) is 4.35. The molecule has 2 bridgehead atoms. The summed E-state index contributed by atoms with van der Waals surface area (Å²) < 4.78 is 38.0. The topological polar surface area (TPSA) is 98.2 Å². The highest BCUT2D eigenvalue weighted by Crippen LogP contribution is 2.33. The van der Waals surface area contributed by atoms with Crippen LogP contribution in [-0.2, 0) is 6.18 Å². The van der Waals surface area contributed by atoms with E-state index in [9.17, 15) is 18.3 Å². The summed E-state index contributed by atoms with van der Waals surface area (Å²) in [4.78, 5) is 14.0. The monoisotopic (exact) mass is 409 g/mol. The van der Waals surface area contributed by atoms with Gasteiger partial charge in [0.05, 0.1) is 19.0 Å². The Bertz CT molecular complexity index is 862. The number of fused-ring (bicyclic) bond motifs is 2. The summed E-state index contributed by atoms with van der Waals surface area (Å²) >= 11 is 0. The molecule has 3 atom stereocenters. The van der Waals surface area contributed by atoms with Gasteiger partial charge in [-0.15, -0.1) is 0 Å². The van der Waals surface area contributed by atoms with Crippen molar-refractivity contribution in [2.75, 3.05) is 35.2 Å². The number of aromatic nitrogens is 3. The van der Waals surface area contributed by atoms with E-state index in [4.69, 9.17) is 0 Å². The minimum atomic E-state index is -4.54. The Kier molecular flexibility index (Phi) is 5.17. The molecule has 2 aromatic rings. The first-order valence-corrected chi connectivity index (χ1v) is 9.37. The Morgan fingerprint density at radius 2 is 2.03 bits per heavy atom. The van der Waals surface area contributed by atoms with E-state index < -0.39 is 11.9 Å². The summed E-state index contributed by atoms with van der Waals surface area (Å²) in [7, 11) is 0. The van der Waals surface area contributed by atoms with Crippen LogP contribution in [0.15, 0.2) is 24.5 Å². The molecule has 2 aromatic heterocycles. The van der Waals surface area contributed by atoms with Gasteiger partial charge >= 0.3 is 6.18 Å². The first-order valence-electron chi connectivity index (χ1n) is 9.37. The highest BCUT2D eigenvalue weighted by Gasteiger charge is 2.38. The fourth-order valence-electron chi connectivity index (χ4n) is 3.67. The van der Waals surface area contributed by atoms with Crippen LogP contribution in [0.1, 0.15) is 19.0 Å². The van der Waals surface area contributed by atoms with Gasteiger partial charge in [-0.25, -0.2) is 15.0 Å². The molecule has 0 saturated carbocycles. The van der Waals surface area contributed by atoms with Gasteiger partial charge < -0.3 is 26.0 Å². The van der Waals surface area contributed by atoms with E-state index >= 15 is 0 Å². The van der Waals surface area contributed by atoms with Crippen molar-refractivity contribution in [1.82, 2.24) is 20.3 Å². The molecule has 0 amide bonds. The zero-order chi connectivity index (χ0) is 20.6. The standard InChI is InChI=1S/C18H22F3N7O/c1-10(9-29)25-15-3-12(28-8-11-2-13(28)5-22-11)4-16(26-15)27-17-7-23-14(6-24-17)18(19,20)21/h3-4,6-7,10-11,13,22,29H,2,5,8-9H2,1H3,(H2,24,25,26,27)/t10-,11?,13?/m0/s1. The van der Waals surface area contributed by atoms with Crippen LogP contribution in [0.5, 0.6) is 0 Å². The average molecular weight is 409 g/mol. The van der Waals surface area contributed by atoms with E-state index in [-0.39, 0.29) is 18.5 Å². The molecule has 2 aliphatic rings. The number of pyridine rings is 1. The smallest absolute Gasteiger partial charge is 0.394 e. The van der Waals surface area contributed by atoms with E-state index in [0.29, 0.717) is 29.9 Å². The number of halogens is 3. The van der Waals surface area contributed by atoms with Crippen molar-refractivity contribution in [3.05, 3.63) is 30.2 Å². The lowest BCUT2D eigenvalue weighted by atomic mass is 10.2. The van der Waals surface area contributed by atoms with Crippen LogP contribution in [0.4, 0.5) is 36.3 Å². The number of alkyl halides is 3. The van der Waals surface area contributed by atoms with Crippen LogP contribution >= 0.6 is 0 Å². The molecule has 2 unspecified atom stereocenters. The molecule has 0 spiro atoms. The number of hydrogen-bond donors (Lipinski definition) is 4. The van der Waals surface area contributed by atoms with E-state index in [1.165, 1.54) is 0 Å². The van der Waals surface area contributed by atoms with E-state index in [2.05, 4.69) is 35.8 Å². The third-order valence-corrected chi connectivity index (χ3v) is 5.06. The summed E-state index contributed by atoms with van der Waals surface area (Å²) in [5.41, 5.74) is -0.103. The first-order chi connectivity index (χ1) is 13.8. The fraction of sp³-hybridized carbons (Fsp3) is 0.500. The summed E-state index contributed by atoms with van der Waals surface area (Å²) in [5, 5.41) is 18.8. The normalized spacial score (nSPS) is 22.0. The maximum atomic E-state index is 12.7. The number of nitrogens with one attached hydrogen (secondary N) is 3. The Morgan fingerprint density at radius 1 is 1.24 bits per heavy atom. The van der Waals surface area contributed by atoms with Crippen LogP contribution in [-0.4, -0.2) is 57.9 Å². The minimum absolute atomic E-state index is 0.0582. The molecule has 29 heavy (non-hydrogen) atoms. The van der Waals surface area contributed by atoms with Gasteiger partial charge in [-0.05, 0) is 13.3 Å². The summed E-state index contributed by atoms with van der Waals surface area (Å²) in [6.45, 7) is 3.56. The molecule has 4 rings (SSSR count). The van der Waals surface area contributed by atoms with Gasteiger partial charge in [-0.3, -0.25) is 0 Å². The number of aliphatic hydroxyl groups is 1. The average Bonchev–Trinajstić information content (AvgIpc) is 3.31. The van der Waals surface area contributed by atoms with Crippen LogP contribution < -0.4 is 20.9 Å². The molecule has 0 radical (unpaired) electrons. The predicted octanol–water partition coefficient (Wildman–Crippen LogP) is 1.98. The number of piperazine rings is 1. The summed E-state index contributed by atoms with van der Waals surface area (Å²) in [6, 6.07) is 4.40. The number of hydrogen-bond acceptors (Lipinski definition) is 8. The van der Waals surface area contributed by atoms with Gasteiger partial charge in [0.25, 0.3) is 0 Å². The highest BCUT2D eigenvalue weighted by molar-refractivity contribution is 5.66. The van der Waals surface area contributed by atoms with Crippen molar-refractivity contribution in [1.29, 1.82) is 0 Å². The molecule has 0 aliphatic carbocycles. The van der Waals surface area contributed by atoms with Crippen molar-refractivity contribution in [3.63, 3.8) is 0 Å². The summed E-state index contributed by atoms with van der Waals surface area (Å²) in [6.07, 6.45) is -1.75. The molecular weight excluding hydrogens is 387 g/mol. The third-order valence-electron chi connectivity index (χ3n) is 5.06. The quantitative estimate of drug-likeness (QED) is 0.575. The van der Waals surface area contributed by atoms with Crippen LogP contribution in [0.25, 0.3) is 0 Å². The van der Waals surface area contributed by atoms with Crippen molar-refractivity contribution < 1.29 is 18.3 Å². The SMILES string of the molecule is C[C@@H](CO)Nc1cc(N2CC3CC2CN3)cc(Nc2cnc(C(F)(F)F)cn2)n1. The zero-order valence-electron chi connectivity index (χ0n) is 15.7. The minimum Gasteiger partial charge on any atom is -0.394 e. The van der Waals surface area contributed by atoms with Crippen LogP contribution in [0.3, 0.4) is 0 Å². The zero-order valence-corrected chi connectivity index (χ0v) is 15.7. The Morgan fingerprint density at radius 3 is 2.62 bits per heavy atom. The molecule has 8 nitrogen and oxygen atoms in total.